The highest BCUT2D eigenvalue weighted by atomic mass is 16.5. The first-order valence-electron chi connectivity index (χ1n) is 9.87. The normalized spacial score (nSPS) is 15.5. The van der Waals surface area contributed by atoms with E-state index in [1.807, 2.05) is 0 Å². The summed E-state index contributed by atoms with van der Waals surface area (Å²) in [6.07, 6.45) is 6.55. The second-order valence-electron chi connectivity index (χ2n) is 7.56. The molecule has 3 nitrogen and oxygen atoms in total. The summed E-state index contributed by atoms with van der Waals surface area (Å²) in [7, 11) is 0. The maximum absolute atomic E-state index is 6.11. The van der Waals surface area contributed by atoms with Crippen molar-refractivity contribution in [2.24, 2.45) is 0 Å². The minimum atomic E-state index is 0.595. The van der Waals surface area contributed by atoms with Gasteiger partial charge >= 0.3 is 0 Å². The molecule has 0 saturated heterocycles. The Balaban J connectivity index is 1.56. The lowest BCUT2D eigenvalue weighted by Crippen LogP contribution is -2.16. The first-order valence-corrected chi connectivity index (χ1v) is 9.87. The number of hydrogen-bond acceptors (Lipinski definition) is 2. The highest BCUT2D eigenvalue weighted by Gasteiger charge is 2.22. The van der Waals surface area contributed by atoms with Gasteiger partial charge in [0, 0.05) is 5.92 Å². The van der Waals surface area contributed by atoms with Gasteiger partial charge in [0.05, 0.1) is 17.6 Å². The van der Waals surface area contributed by atoms with E-state index in [0.717, 1.165) is 17.8 Å². The molecule has 1 heterocycles. The van der Waals surface area contributed by atoms with Crippen LogP contribution in [0.15, 0.2) is 42.5 Å². The molecule has 0 unspecified atom stereocenters. The van der Waals surface area contributed by atoms with Crippen LogP contribution < -0.4 is 4.74 Å². The summed E-state index contributed by atoms with van der Waals surface area (Å²) in [5, 5.41) is 0. The van der Waals surface area contributed by atoms with Crippen molar-refractivity contribution >= 4 is 11.0 Å². The SMILES string of the molecule is Cc1ccc(OCCn2c(C3CCCCC3)nc3ccccc32)c(C)c1. The van der Waals surface area contributed by atoms with Crippen LogP contribution >= 0.6 is 0 Å². The second kappa shape index (κ2) is 7.53. The first-order chi connectivity index (χ1) is 12.7. The number of ether oxygens (including phenoxy) is 1. The van der Waals surface area contributed by atoms with Crippen molar-refractivity contribution in [1.29, 1.82) is 0 Å². The molecular formula is C23H28N2O. The lowest BCUT2D eigenvalue weighted by Gasteiger charge is -2.22. The van der Waals surface area contributed by atoms with Gasteiger partial charge in [-0.2, -0.15) is 0 Å². The third-order valence-electron chi connectivity index (χ3n) is 5.56. The molecule has 0 bridgehead atoms. The van der Waals surface area contributed by atoms with E-state index in [2.05, 4.69) is 60.9 Å². The number of hydrogen-bond donors (Lipinski definition) is 0. The van der Waals surface area contributed by atoms with E-state index in [1.54, 1.807) is 0 Å². The second-order valence-corrected chi connectivity index (χ2v) is 7.56. The summed E-state index contributed by atoms with van der Waals surface area (Å²) in [5.41, 5.74) is 4.82. The molecule has 1 saturated carbocycles. The molecule has 0 radical (unpaired) electrons. The van der Waals surface area contributed by atoms with Crippen molar-refractivity contribution in [3.63, 3.8) is 0 Å². The molecule has 2 aromatic carbocycles. The highest BCUT2D eigenvalue weighted by molar-refractivity contribution is 5.76. The first kappa shape index (κ1) is 17.1. The van der Waals surface area contributed by atoms with Gasteiger partial charge in [-0.15, -0.1) is 0 Å². The molecule has 136 valence electrons. The maximum Gasteiger partial charge on any atom is 0.122 e. The van der Waals surface area contributed by atoms with Crippen molar-refractivity contribution in [2.75, 3.05) is 6.61 Å². The van der Waals surface area contributed by atoms with Gasteiger partial charge in [0.15, 0.2) is 0 Å². The minimum Gasteiger partial charge on any atom is -0.491 e. The molecule has 1 fully saturated rings. The van der Waals surface area contributed by atoms with Crippen molar-refractivity contribution < 1.29 is 4.74 Å². The Hall–Kier alpha value is -2.29. The highest BCUT2D eigenvalue weighted by Crippen LogP contribution is 2.34. The Morgan fingerprint density at radius 1 is 1.04 bits per heavy atom. The van der Waals surface area contributed by atoms with E-state index in [9.17, 15) is 0 Å². The molecule has 1 aliphatic carbocycles. The van der Waals surface area contributed by atoms with Gasteiger partial charge in [0.25, 0.3) is 0 Å². The Labute approximate surface area is 156 Å². The fourth-order valence-corrected chi connectivity index (χ4v) is 4.21. The molecule has 0 aliphatic heterocycles. The Kier molecular flexibility index (Phi) is 4.96. The van der Waals surface area contributed by atoms with Crippen molar-refractivity contribution in [2.45, 2.75) is 58.4 Å². The minimum absolute atomic E-state index is 0.595. The van der Waals surface area contributed by atoms with E-state index in [0.29, 0.717) is 12.5 Å². The van der Waals surface area contributed by atoms with Gasteiger partial charge in [-0.3, -0.25) is 0 Å². The van der Waals surface area contributed by atoms with Gasteiger partial charge in [0.2, 0.25) is 0 Å². The number of para-hydroxylation sites is 2. The van der Waals surface area contributed by atoms with E-state index in [4.69, 9.17) is 9.72 Å². The summed E-state index contributed by atoms with van der Waals surface area (Å²) < 4.78 is 8.51. The fourth-order valence-electron chi connectivity index (χ4n) is 4.21. The molecule has 0 atom stereocenters. The van der Waals surface area contributed by atoms with E-state index in [-0.39, 0.29) is 0 Å². The summed E-state index contributed by atoms with van der Waals surface area (Å²) in [5.74, 6) is 2.84. The molecule has 1 aromatic heterocycles. The predicted octanol–water partition coefficient (Wildman–Crippen LogP) is 5.78. The molecule has 0 spiro atoms. The average Bonchev–Trinajstić information content (AvgIpc) is 3.03. The van der Waals surface area contributed by atoms with Gasteiger partial charge in [-0.25, -0.2) is 4.98 Å². The quantitative estimate of drug-likeness (QED) is 0.584. The van der Waals surface area contributed by atoms with Crippen LogP contribution in [0.2, 0.25) is 0 Å². The molecule has 3 heteroatoms. The number of rotatable bonds is 5. The Bertz CT molecular complexity index is 890. The monoisotopic (exact) mass is 348 g/mol. The van der Waals surface area contributed by atoms with E-state index < -0.39 is 0 Å². The van der Waals surface area contributed by atoms with Crippen LogP contribution in [0.5, 0.6) is 5.75 Å². The summed E-state index contributed by atoms with van der Waals surface area (Å²) in [4.78, 5) is 5.00. The van der Waals surface area contributed by atoms with Gasteiger partial charge in [-0.05, 0) is 50.5 Å². The van der Waals surface area contributed by atoms with Gasteiger partial charge in [-0.1, -0.05) is 49.1 Å². The summed E-state index contributed by atoms with van der Waals surface area (Å²) in [6.45, 7) is 5.75. The standard InChI is InChI=1S/C23H28N2O/c1-17-12-13-22(18(2)16-17)26-15-14-25-21-11-7-6-10-20(21)24-23(25)19-8-4-3-5-9-19/h6-7,10-13,16,19H,3-5,8-9,14-15H2,1-2H3. The third-order valence-corrected chi connectivity index (χ3v) is 5.56. The zero-order valence-corrected chi connectivity index (χ0v) is 15.9. The van der Waals surface area contributed by atoms with Gasteiger partial charge < -0.3 is 9.30 Å². The maximum atomic E-state index is 6.11. The molecule has 3 aromatic rings. The number of fused-ring (bicyclic) bond motifs is 1. The van der Waals surface area contributed by atoms with Crippen molar-refractivity contribution in [3.8, 4) is 5.75 Å². The third kappa shape index (κ3) is 3.48. The molecule has 1 aliphatic rings. The van der Waals surface area contributed by atoms with Crippen molar-refractivity contribution in [1.82, 2.24) is 9.55 Å². The zero-order valence-electron chi connectivity index (χ0n) is 15.9. The van der Waals surface area contributed by atoms with Crippen LogP contribution in [-0.2, 0) is 6.54 Å². The van der Waals surface area contributed by atoms with Crippen LogP contribution in [-0.4, -0.2) is 16.2 Å². The summed E-state index contributed by atoms with van der Waals surface area (Å²) >= 11 is 0. The number of imidazole rings is 1. The van der Waals surface area contributed by atoms with Gasteiger partial charge in [0.1, 0.15) is 18.2 Å². The smallest absolute Gasteiger partial charge is 0.122 e. The lowest BCUT2D eigenvalue weighted by atomic mass is 9.88. The summed E-state index contributed by atoms with van der Waals surface area (Å²) in [6, 6.07) is 14.9. The molecule has 4 rings (SSSR count). The van der Waals surface area contributed by atoms with Crippen LogP contribution in [0.4, 0.5) is 0 Å². The van der Waals surface area contributed by atoms with Crippen LogP contribution in [0, 0.1) is 13.8 Å². The van der Waals surface area contributed by atoms with E-state index in [1.165, 1.54) is 54.6 Å². The topological polar surface area (TPSA) is 27.1 Å². The van der Waals surface area contributed by atoms with E-state index >= 15 is 0 Å². The molecule has 0 N–H and O–H groups in total. The average molecular weight is 348 g/mol. The van der Waals surface area contributed by atoms with Crippen LogP contribution in [0.1, 0.15) is 55.0 Å². The number of aryl methyl sites for hydroxylation is 2. The zero-order chi connectivity index (χ0) is 17.9. The fraction of sp³-hybridized carbons (Fsp3) is 0.435. The molecule has 26 heavy (non-hydrogen) atoms. The van der Waals surface area contributed by atoms with Crippen molar-refractivity contribution in [3.05, 3.63) is 59.4 Å². The lowest BCUT2D eigenvalue weighted by molar-refractivity contribution is 0.293. The number of nitrogens with zero attached hydrogens (tertiary/aromatic N) is 2. The number of benzene rings is 2. The Morgan fingerprint density at radius 3 is 2.65 bits per heavy atom. The largest absolute Gasteiger partial charge is 0.491 e. The van der Waals surface area contributed by atoms with Crippen LogP contribution in [0.3, 0.4) is 0 Å². The Morgan fingerprint density at radius 2 is 1.85 bits per heavy atom. The number of aromatic nitrogens is 2. The van der Waals surface area contributed by atoms with Crippen LogP contribution in [0.25, 0.3) is 11.0 Å². The molecular weight excluding hydrogens is 320 g/mol. The molecule has 0 amide bonds. The predicted molar refractivity (Wildman–Crippen MR) is 107 cm³/mol.